The average Bonchev–Trinajstić information content (AvgIpc) is 2.25. The lowest BCUT2D eigenvalue weighted by Gasteiger charge is -2.09. The van der Waals surface area contributed by atoms with Crippen molar-refractivity contribution in [2.75, 3.05) is 0 Å². The zero-order chi connectivity index (χ0) is 14.2. The summed E-state index contributed by atoms with van der Waals surface area (Å²) >= 11 is 5.63. The van der Waals surface area contributed by atoms with Gasteiger partial charge in [-0.3, -0.25) is 0 Å². The molecule has 1 aromatic heterocycles. The molecule has 2 rings (SSSR count). The maximum Gasteiger partial charge on any atom is 0.573 e. The number of fused-ring (bicyclic) bond motifs is 1. The molecule has 1 heterocycles. The molecule has 0 aliphatic heterocycles. The van der Waals surface area contributed by atoms with Crippen LogP contribution in [0.4, 0.5) is 13.2 Å². The highest BCUT2D eigenvalue weighted by atomic mass is 35.5. The van der Waals surface area contributed by atoms with Crippen molar-refractivity contribution >= 4 is 28.5 Å². The summed E-state index contributed by atoms with van der Waals surface area (Å²) in [5.74, 6) is -1.72. The SMILES string of the molecule is O=C(O)c1cc2ccc(OC(F)(F)F)cc2nc1Cl. The van der Waals surface area contributed by atoms with Crippen molar-refractivity contribution in [3.05, 3.63) is 35.0 Å². The third kappa shape index (κ3) is 3.05. The molecule has 0 aliphatic carbocycles. The first-order valence-corrected chi connectivity index (χ1v) is 5.23. The maximum atomic E-state index is 12.0. The van der Waals surface area contributed by atoms with E-state index in [1.54, 1.807) is 0 Å². The van der Waals surface area contributed by atoms with Gasteiger partial charge in [-0.05, 0) is 18.2 Å². The number of hydrogen-bond donors (Lipinski definition) is 1. The summed E-state index contributed by atoms with van der Waals surface area (Å²) < 4.78 is 39.9. The Bertz CT molecular complexity index is 657. The standard InChI is InChI=1S/C11H5ClF3NO3/c12-9-7(10(17)18)3-5-1-2-6(4-8(5)16-9)19-11(13,14)15/h1-4H,(H,17,18). The molecule has 0 saturated heterocycles. The van der Waals surface area contributed by atoms with Gasteiger partial charge < -0.3 is 9.84 Å². The van der Waals surface area contributed by atoms with Gasteiger partial charge in [0.2, 0.25) is 0 Å². The Morgan fingerprint density at radius 2 is 2.00 bits per heavy atom. The molecular formula is C11H5ClF3NO3. The zero-order valence-electron chi connectivity index (χ0n) is 9.03. The summed E-state index contributed by atoms with van der Waals surface area (Å²) in [6.45, 7) is 0. The molecule has 8 heteroatoms. The van der Waals surface area contributed by atoms with Gasteiger partial charge in [-0.1, -0.05) is 11.6 Å². The van der Waals surface area contributed by atoms with Gasteiger partial charge in [-0.15, -0.1) is 13.2 Å². The van der Waals surface area contributed by atoms with Crippen molar-refractivity contribution in [2.45, 2.75) is 6.36 Å². The highest BCUT2D eigenvalue weighted by Gasteiger charge is 2.31. The van der Waals surface area contributed by atoms with Crippen LogP contribution in [-0.2, 0) is 0 Å². The number of nitrogens with zero attached hydrogens (tertiary/aromatic N) is 1. The zero-order valence-corrected chi connectivity index (χ0v) is 9.79. The molecule has 19 heavy (non-hydrogen) atoms. The summed E-state index contributed by atoms with van der Waals surface area (Å²) in [6, 6.07) is 4.59. The number of carboxylic acids is 1. The van der Waals surface area contributed by atoms with Gasteiger partial charge in [0.15, 0.2) is 0 Å². The smallest absolute Gasteiger partial charge is 0.478 e. The number of aromatic carboxylic acids is 1. The minimum Gasteiger partial charge on any atom is -0.478 e. The van der Waals surface area contributed by atoms with E-state index in [2.05, 4.69) is 9.72 Å². The van der Waals surface area contributed by atoms with Crippen LogP contribution < -0.4 is 4.74 Å². The number of ether oxygens (including phenoxy) is 1. The van der Waals surface area contributed by atoms with E-state index >= 15 is 0 Å². The van der Waals surface area contributed by atoms with Gasteiger partial charge in [0, 0.05) is 11.5 Å². The van der Waals surface area contributed by atoms with E-state index in [0.717, 1.165) is 12.1 Å². The summed E-state index contributed by atoms with van der Waals surface area (Å²) in [5.41, 5.74) is -0.115. The van der Waals surface area contributed by atoms with Crippen molar-refractivity contribution in [3.8, 4) is 5.75 Å². The van der Waals surface area contributed by atoms with Crippen LogP contribution >= 0.6 is 11.6 Å². The lowest BCUT2D eigenvalue weighted by atomic mass is 10.1. The lowest BCUT2D eigenvalue weighted by molar-refractivity contribution is -0.274. The van der Waals surface area contributed by atoms with Gasteiger partial charge in [0.1, 0.15) is 10.9 Å². The number of benzene rings is 1. The Balaban J connectivity index is 2.50. The highest BCUT2D eigenvalue weighted by Crippen LogP contribution is 2.27. The first-order valence-electron chi connectivity index (χ1n) is 4.85. The number of carboxylic acid groups (broad SMARTS) is 1. The first kappa shape index (κ1) is 13.4. The second-order valence-corrected chi connectivity index (χ2v) is 3.89. The summed E-state index contributed by atoms with van der Waals surface area (Å²) in [7, 11) is 0. The van der Waals surface area contributed by atoms with E-state index in [0.29, 0.717) is 5.39 Å². The van der Waals surface area contributed by atoms with Gasteiger partial charge in [0.05, 0.1) is 11.1 Å². The molecule has 0 unspecified atom stereocenters. The predicted octanol–water partition coefficient (Wildman–Crippen LogP) is 3.49. The van der Waals surface area contributed by atoms with Gasteiger partial charge >= 0.3 is 12.3 Å². The van der Waals surface area contributed by atoms with Crippen LogP contribution in [0, 0.1) is 0 Å². The fourth-order valence-electron chi connectivity index (χ4n) is 1.47. The molecule has 0 atom stereocenters. The number of aromatic nitrogens is 1. The topological polar surface area (TPSA) is 59.4 Å². The van der Waals surface area contributed by atoms with Crippen LogP contribution in [0.5, 0.6) is 5.75 Å². The molecule has 0 spiro atoms. The van der Waals surface area contributed by atoms with Crippen molar-refractivity contribution < 1.29 is 27.8 Å². The second kappa shape index (κ2) is 4.58. The normalized spacial score (nSPS) is 11.6. The molecular weight excluding hydrogens is 287 g/mol. The fraction of sp³-hybridized carbons (Fsp3) is 0.0909. The molecule has 0 amide bonds. The minimum absolute atomic E-state index is 0.108. The van der Waals surface area contributed by atoms with E-state index in [-0.39, 0.29) is 16.2 Å². The van der Waals surface area contributed by atoms with Crippen molar-refractivity contribution in [3.63, 3.8) is 0 Å². The van der Waals surface area contributed by atoms with Gasteiger partial charge in [-0.2, -0.15) is 0 Å². The first-order chi connectivity index (χ1) is 8.76. The van der Waals surface area contributed by atoms with Crippen LogP contribution in [-0.4, -0.2) is 22.4 Å². The molecule has 100 valence electrons. The molecule has 1 N–H and O–H groups in total. The summed E-state index contributed by atoms with van der Waals surface area (Å²) in [4.78, 5) is 14.5. The van der Waals surface area contributed by atoms with Crippen molar-refractivity contribution in [2.24, 2.45) is 0 Å². The number of rotatable bonds is 2. The van der Waals surface area contributed by atoms with Gasteiger partial charge in [0.25, 0.3) is 0 Å². The van der Waals surface area contributed by atoms with E-state index in [1.807, 2.05) is 0 Å². The average molecular weight is 292 g/mol. The van der Waals surface area contributed by atoms with Crippen LogP contribution in [0.1, 0.15) is 10.4 Å². The highest BCUT2D eigenvalue weighted by molar-refractivity contribution is 6.32. The number of pyridine rings is 1. The Morgan fingerprint density at radius 3 is 2.58 bits per heavy atom. The Morgan fingerprint density at radius 1 is 1.32 bits per heavy atom. The molecule has 4 nitrogen and oxygen atoms in total. The number of halogens is 4. The minimum atomic E-state index is -4.81. The molecule has 0 saturated carbocycles. The fourth-order valence-corrected chi connectivity index (χ4v) is 1.70. The molecule has 1 aromatic carbocycles. The number of alkyl halides is 3. The van der Waals surface area contributed by atoms with Crippen LogP contribution in [0.25, 0.3) is 10.9 Å². The van der Waals surface area contributed by atoms with Gasteiger partial charge in [-0.25, -0.2) is 9.78 Å². The van der Waals surface area contributed by atoms with E-state index in [4.69, 9.17) is 16.7 Å². The third-order valence-corrected chi connectivity index (χ3v) is 2.49. The number of hydrogen-bond acceptors (Lipinski definition) is 3. The predicted molar refractivity (Wildman–Crippen MR) is 60.4 cm³/mol. The van der Waals surface area contributed by atoms with E-state index in [1.165, 1.54) is 12.1 Å². The molecule has 2 aromatic rings. The summed E-state index contributed by atoms with van der Waals surface area (Å²) in [5, 5.41) is 8.88. The van der Waals surface area contributed by atoms with Crippen LogP contribution in [0.3, 0.4) is 0 Å². The second-order valence-electron chi connectivity index (χ2n) is 3.53. The maximum absolute atomic E-state index is 12.0. The Hall–Kier alpha value is -2.02. The van der Waals surface area contributed by atoms with Crippen molar-refractivity contribution in [1.82, 2.24) is 4.98 Å². The quantitative estimate of drug-likeness (QED) is 0.861. The Kier molecular flexibility index (Phi) is 3.23. The molecule has 0 bridgehead atoms. The van der Waals surface area contributed by atoms with Crippen LogP contribution in [0.2, 0.25) is 5.15 Å². The largest absolute Gasteiger partial charge is 0.573 e. The Labute approximate surface area is 109 Å². The third-order valence-electron chi connectivity index (χ3n) is 2.21. The molecule has 0 aliphatic rings. The lowest BCUT2D eigenvalue weighted by Crippen LogP contribution is -2.17. The van der Waals surface area contributed by atoms with Crippen molar-refractivity contribution in [1.29, 1.82) is 0 Å². The summed E-state index contributed by atoms with van der Waals surface area (Å²) in [6.07, 6.45) is -4.81. The van der Waals surface area contributed by atoms with E-state index < -0.39 is 18.1 Å². The van der Waals surface area contributed by atoms with E-state index in [9.17, 15) is 18.0 Å². The molecule has 0 radical (unpaired) electrons. The number of carbonyl (C=O) groups is 1. The van der Waals surface area contributed by atoms with Crippen LogP contribution in [0.15, 0.2) is 24.3 Å². The molecule has 0 fully saturated rings. The monoisotopic (exact) mass is 291 g/mol.